The minimum Gasteiger partial charge on any atom is -0.492 e. The molecule has 0 unspecified atom stereocenters. The van der Waals surface area contributed by atoms with E-state index in [0.29, 0.717) is 22.8 Å². The number of aromatic nitrogens is 7. The standard InChI is InChI=1S/C45H38ClN7O4/c1-2-3-23-38-47-42(46)41(44(56)57-52-39(54)28-29-40(52)55)51(38)30-31-24-26-32(27-25-31)36-21-13-14-22-37(36)43-48-50-53(49-43)45(33-15-7-4-8-16-33,34-17-9-5-10-18-34)35-19-11-6-12-20-35/h4-22,24-29,54-55H,2-3,23,30H2,1H3. The number of rotatable bonds is 13. The summed E-state index contributed by atoms with van der Waals surface area (Å²) in [5, 5.41) is 34.7. The molecule has 8 rings (SSSR count). The normalized spacial score (nSPS) is 11.5. The molecule has 2 N–H and O–H groups in total. The number of imidazole rings is 1. The van der Waals surface area contributed by atoms with Gasteiger partial charge >= 0.3 is 5.97 Å². The first-order valence-electron chi connectivity index (χ1n) is 18.6. The third-order valence-electron chi connectivity index (χ3n) is 9.99. The molecule has 12 heteroatoms. The average molecular weight is 776 g/mol. The molecule has 0 aliphatic carbocycles. The second-order valence-electron chi connectivity index (χ2n) is 13.5. The van der Waals surface area contributed by atoms with Crippen LogP contribution in [0.1, 0.15) is 58.3 Å². The first kappa shape index (κ1) is 37.0. The molecule has 0 saturated heterocycles. The fourth-order valence-corrected chi connectivity index (χ4v) is 7.51. The molecule has 0 aliphatic rings. The second kappa shape index (κ2) is 16.0. The van der Waals surface area contributed by atoms with Crippen LogP contribution in [0.25, 0.3) is 22.5 Å². The topological polar surface area (TPSA) is 133 Å². The maximum atomic E-state index is 13.4. The minimum absolute atomic E-state index is 0.0106. The van der Waals surface area contributed by atoms with E-state index < -0.39 is 23.3 Å². The summed E-state index contributed by atoms with van der Waals surface area (Å²) in [5.41, 5.74) is 5.61. The van der Waals surface area contributed by atoms with E-state index >= 15 is 0 Å². The molecule has 0 spiro atoms. The largest absolute Gasteiger partial charge is 0.492 e. The van der Waals surface area contributed by atoms with Gasteiger partial charge in [0, 0.05) is 30.7 Å². The van der Waals surface area contributed by atoms with Crippen molar-refractivity contribution in [2.45, 2.75) is 38.3 Å². The van der Waals surface area contributed by atoms with Crippen LogP contribution in [0, 0.1) is 0 Å². The Morgan fingerprint density at radius 1 is 0.719 bits per heavy atom. The lowest BCUT2D eigenvalue weighted by Gasteiger charge is -2.34. The zero-order valence-electron chi connectivity index (χ0n) is 31.0. The lowest BCUT2D eigenvalue weighted by Crippen LogP contribution is -2.39. The smallest absolute Gasteiger partial charge is 0.383 e. The minimum atomic E-state index is -0.911. The highest BCUT2D eigenvalue weighted by Gasteiger charge is 2.41. The maximum absolute atomic E-state index is 13.4. The Kier molecular flexibility index (Phi) is 10.4. The Bertz CT molecular complexity index is 2510. The highest BCUT2D eigenvalue weighted by Crippen LogP contribution is 2.40. The number of aromatic hydroxyl groups is 2. The first-order chi connectivity index (χ1) is 27.9. The SMILES string of the molecule is CCCCc1nc(Cl)c(C(=O)On2c(O)ccc2O)n1Cc1ccc(-c2ccccc2-c2nnn(C(c3ccccc3)(c3ccccc3)c3ccccc3)n2)cc1. The van der Waals surface area contributed by atoms with E-state index in [1.807, 2.05) is 103 Å². The van der Waals surface area contributed by atoms with Gasteiger partial charge in [0.1, 0.15) is 5.82 Å². The van der Waals surface area contributed by atoms with Crippen LogP contribution in [0.4, 0.5) is 0 Å². The molecule has 5 aromatic carbocycles. The van der Waals surface area contributed by atoms with Gasteiger partial charge in [-0.2, -0.15) is 0 Å². The fraction of sp³-hybridized carbons (Fsp3) is 0.133. The van der Waals surface area contributed by atoms with Gasteiger partial charge < -0.3 is 19.6 Å². The second-order valence-corrected chi connectivity index (χ2v) is 13.9. The number of nitrogens with zero attached hydrogens (tertiary/aromatic N) is 7. The third kappa shape index (κ3) is 7.05. The van der Waals surface area contributed by atoms with Crippen LogP contribution in [0.3, 0.4) is 0 Å². The number of tetrazole rings is 1. The molecule has 0 amide bonds. The summed E-state index contributed by atoms with van der Waals surface area (Å²) < 4.78 is 2.36. The maximum Gasteiger partial charge on any atom is 0.383 e. The van der Waals surface area contributed by atoms with Gasteiger partial charge in [0.15, 0.2) is 16.4 Å². The number of carbonyl (C=O) groups is 1. The molecule has 0 aliphatic heterocycles. The van der Waals surface area contributed by atoms with Crippen LogP contribution in [0.2, 0.25) is 5.15 Å². The van der Waals surface area contributed by atoms with Crippen molar-refractivity contribution < 1.29 is 19.8 Å². The molecule has 3 aromatic heterocycles. The number of hydrogen-bond donors (Lipinski definition) is 2. The van der Waals surface area contributed by atoms with E-state index in [-0.39, 0.29) is 17.4 Å². The summed E-state index contributed by atoms with van der Waals surface area (Å²) >= 11 is 6.54. The molecule has 0 fully saturated rings. The van der Waals surface area contributed by atoms with Gasteiger partial charge in [0.25, 0.3) is 0 Å². The molecule has 57 heavy (non-hydrogen) atoms. The van der Waals surface area contributed by atoms with Gasteiger partial charge in [-0.3, -0.25) is 0 Å². The molecule has 0 atom stereocenters. The Morgan fingerprint density at radius 2 is 1.26 bits per heavy atom. The predicted molar refractivity (Wildman–Crippen MR) is 217 cm³/mol. The summed E-state index contributed by atoms with van der Waals surface area (Å²) in [5.74, 6) is -0.662. The summed E-state index contributed by atoms with van der Waals surface area (Å²) in [4.78, 5) is 25.0. The van der Waals surface area contributed by atoms with Gasteiger partial charge in [0.05, 0.1) is 0 Å². The number of benzene rings is 5. The highest BCUT2D eigenvalue weighted by atomic mass is 35.5. The number of carbonyl (C=O) groups excluding carboxylic acids is 1. The molecule has 11 nitrogen and oxygen atoms in total. The first-order valence-corrected chi connectivity index (χ1v) is 19.0. The van der Waals surface area contributed by atoms with E-state index in [1.54, 1.807) is 9.36 Å². The van der Waals surface area contributed by atoms with Crippen molar-refractivity contribution in [1.29, 1.82) is 0 Å². The quantitative estimate of drug-likeness (QED) is 0.111. The fourth-order valence-electron chi connectivity index (χ4n) is 7.23. The Labute approximate surface area is 334 Å². The Morgan fingerprint density at radius 3 is 1.82 bits per heavy atom. The van der Waals surface area contributed by atoms with E-state index in [4.69, 9.17) is 31.8 Å². The predicted octanol–water partition coefficient (Wildman–Crippen LogP) is 8.57. The molecule has 0 radical (unpaired) electrons. The molecule has 0 bridgehead atoms. The monoisotopic (exact) mass is 775 g/mol. The van der Waals surface area contributed by atoms with Gasteiger partial charge in [0.2, 0.25) is 17.6 Å². The number of unbranched alkanes of at least 4 members (excludes halogenated alkanes) is 1. The van der Waals surface area contributed by atoms with Gasteiger partial charge in [-0.05, 0) is 45.0 Å². The van der Waals surface area contributed by atoms with Gasteiger partial charge in [-0.1, -0.05) is 164 Å². The molecule has 3 heterocycles. The molecular weight excluding hydrogens is 738 g/mol. The van der Waals surface area contributed by atoms with E-state index in [9.17, 15) is 15.0 Å². The van der Waals surface area contributed by atoms with Crippen LogP contribution in [0.15, 0.2) is 152 Å². The number of aryl methyl sites for hydroxylation is 1. The molecule has 8 aromatic rings. The number of halogens is 1. The summed E-state index contributed by atoms with van der Waals surface area (Å²) in [6.07, 6.45) is 2.33. The third-order valence-corrected chi connectivity index (χ3v) is 10.2. The van der Waals surface area contributed by atoms with Crippen LogP contribution in [0.5, 0.6) is 11.8 Å². The zero-order chi connectivity index (χ0) is 39.4. The van der Waals surface area contributed by atoms with Crippen molar-refractivity contribution >= 4 is 17.6 Å². The van der Waals surface area contributed by atoms with Crippen molar-refractivity contribution in [1.82, 2.24) is 34.5 Å². The highest BCUT2D eigenvalue weighted by molar-refractivity contribution is 6.32. The van der Waals surface area contributed by atoms with E-state index in [1.165, 1.54) is 12.1 Å². The van der Waals surface area contributed by atoms with Crippen molar-refractivity contribution in [3.05, 3.63) is 191 Å². The molecular formula is C45H38ClN7O4. The van der Waals surface area contributed by atoms with Crippen LogP contribution >= 0.6 is 11.6 Å². The van der Waals surface area contributed by atoms with Gasteiger partial charge in [-0.15, -0.1) is 19.7 Å². The van der Waals surface area contributed by atoms with E-state index in [2.05, 4.69) is 48.3 Å². The molecule has 0 saturated carbocycles. The number of hydrogen-bond acceptors (Lipinski definition) is 8. The van der Waals surface area contributed by atoms with Crippen LogP contribution < -0.4 is 4.84 Å². The average Bonchev–Trinajstić information content (AvgIpc) is 3.96. The van der Waals surface area contributed by atoms with Crippen molar-refractivity contribution in [2.24, 2.45) is 0 Å². The van der Waals surface area contributed by atoms with Crippen molar-refractivity contribution in [3.8, 4) is 34.3 Å². The Balaban J connectivity index is 1.14. The summed E-state index contributed by atoms with van der Waals surface area (Å²) in [7, 11) is 0. The lowest BCUT2D eigenvalue weighted by molar-refractivity contribution is 0.0370. The summed E-state index contributed by atoms with van der Waals surface area (Å²) in [6, 6.07) is 49.0. The Hall–Kier alpha value is -6.98. The van der Waals surface area contributed by atoms with Crippen LogP contribution in [-0.4, -0.2) is 50.7 Å². The van der Waals surface area contributed by atoms with Crippen molar-refractivity contribution in [2.75, 3.05) is 0 Å². The van der Waals surface area contributed by atoms with Crippen molar-refractivity contribution in [3.63, 3.8) is 0 Å². The molecule has 284 valence electrons. The zero-order valence-corrected chi connectivity index (χ0v) is 31.7. The van der Waals surface area contributed by atoms with E-state index in [0.717, 1.165) is 51.8 Å². The van der Waals surface area contributed by atoms with Crippen LogP contribution in [-0.2, 0) is 18.5 Å². The van der Waals surface area contributed by atoms with Gasteiger partial charge in [-0.25, -0.2) is 9.78 Å². The lowest BCUT2D eigenvalue weighted by atomic mass is 9.77. The summed E-state index contributed by atoms with van der Waals surface area (Å²) in [6.45, 7) is 2.34.